The lowest BCUT2D eigenvalue weighted by molar-refractivity contribution is -0.142. The Morgan fingerprint density at radius 3 is 3.05 bits per heavy atom. The molecule has 104 valence electrons. The first kappa shape index (κ1) is 14.0. The van der Waals surface area contributed by atoms with Crippen molar-refractivity contribution in [3.8, 4) is 0 Å². The molecule has 1 saturated heterocycles. The van der Waals surface area contributed by atoms with Crippen LogP contribution >= 0.6 is 0 Å². The van der Waals surface area contributed by atoms with E-state index in [4.69, 9.17) is 9.84 Å². The lowest BCUT2D eigenvalue weighted by Gasteiger charge is -2.32. The standard InChI is InChI=1S/C14H18FNO3/c1-10-6-11(2-3-13(10)15)8-16-4-5-19-12(9-16)7-14(17)18/h2-3,6,12H,4-5,7-9H2,1H3,(H,17,18). The Hall–Kier alpha value is -1.46. The van der Waals surface area contributed by atoms with Crippen molar-refractivity contribution in [3.63, 3.8) is 0 Å². The van der Waals surface area contributed by atoms with Gasteiger partial charge in [-0.25, -0.2) is 4.39 Å². The minimum absolute atomic E-state index is 0.0267. The minimum atomic E-state index is -0.843. The number of ether oxygens (including phenoxy) is 1. The summed E-state index contributed by atoms with van der Waals surface area (Å²) in [7, 11) is 0. The summed E-state index contributed by atoms with van der Waals surface area (Å²) < 4.78 is 18.6. The predicted molar refractivity (Wildman–Crippen MR) is 68.4 cm³/mol. The van der Waals surface area contributed by atoms with Crippen molar-refractivity contribution in [2.24, 2.45) is 0 Å². The van der Waals surface area contributed by atoms with Crippen LogP contribution in [0.3, 0.4) is 0 Å². The van der Waals surface area contributed by atoms with Crippen LogP contribution in [0.25, 0.3) is 0 Å². The van der Waals surface area contributed by atoms with Gasteiger partial charge < -0.3 is 9.84 Å². The van der Waals surface area contributed by atoms with Crippen LogP contribution < -0.4 is 0 Å². The van der Waals surface area contributed by atoms with Crippen LogP contribution in [0, 0.1) is 12.7 Å². The summed E-state index contributed by atoms with van der Waals surface area (Å²) in [6, 6.07) is 5.07. The van der Waals surface area contributed by atoms with E-state index in [9.17, 15) is 9.18 Å². The number of nitrogens with zero attached hydrogens (tertiary/aromatic N) is 1. The third-order valence-corrected chi connectivity index (χ3v) is 3.25. The van der Waals surface area contributed by atoms with Crippen molar-refractivity contribution >= 4 is 5.97 Å². The van der Waals surface area contributed by atoms with Gasteiger partial charge in [-0.15, -0.1) is 0 Å². The molecule has 1 N–H and O–H groups in total. The number of hydrogen-bond donors (Lipinski definition) is 1. The molecule has 1 atom stereocenters. The number of aryl methyl sites for hydroxylation is 1. The van der Waals surface area contributed by atoms with E-state index < -0.39 is 5.97 Å². The normalized spacial score (nSPS) is 20.4. The molecule has 4 nitrogen and oxygen atoms in total. The monoisotopic (exact) mass is 267 g/mol. The third kappa shape index (κ3) is 4.01. The Bertz CT molecular complexity index is 464. The maximum Gasteiger partial charge on any atom is 0.306 e. The molecule has 0 aromatic heterocycles. The number of rotatable bonds is 4. The van der Waals surface area contributed by atoms with Crippen LogP contribution in [-0.4, -0.2) is 41.8 Å². The van der Waals surface area contributed by atoms with Gasteiger partial charge in [0, 0.05) is 19.6 Å². The summed E-state index contributed by atoms with van der Waals surface area (Å²) >= 11 is 0. The molecule has 1 aromatic carbocycles. The molecule has 1 aromatic rings. The fraction of sp³-hybridized carbons (Fsp3) is 0.500. The highest BCUT2D eigenvalue weighted by Gasteiger charge is 2.22. The highest BCUT2D eigenvalue weighted by atomic mass is 19.1. The zero-order valence-corrected chi connectivity index (χ0v) is 10.9. The van der Waals surface area contributed by atoms with Crippen LogP contribution in [0.2, 0.25) is 0 Å². The lowest BCUT2D eigenvalue weighted by atomic mass is 10.1. The van der Waals surface area contributed by atoms with Crippen molar-refractivity contribution in [2.45, 2.75) is 26.0 Å². The fourth-order valence-corrected chi connectivity index (χ4v) is 2.31. The number of halogens is 1. The molecular formula is C14H18FNO3. The predicted octanol–water partition coefficient (Wildman–Crippen LogP) is 1.81. The first-order valence-corrected chi connectivity index (χ1v) is 6.35. The van der Waals surface area contributed by atoms with Gasteiger partial charge in [-0.2, -0.15) is 0 Å². The summed E-state index contributed by atoms with van der Waals surface area (Å²) in [5.74, 6) is -1.04. The Balaban J connectivity index is 1.94. The second-order valence-electron chi connectivity index (χ2n) is 4.91. The molecule has 0 amide bonds. The van der Waals surface area contributed by atoms with E-state index in [1.54, 1.807) is 13.0 Å². The Kier molecular flexibility index (Phi) is 4.50. The van der Waals surface area contributed by atoms with E-state index in [1.165, 1.54) is 6.07 Å². The van der Waals surface area contributed by atoms with E-state index in [2.05, 4.69) is 4.90 Å². The molecule has 0 aliphatic carbocycles. The molecule has 5 heteroatoms. The van der Waals surface area contributed by atoms with Gasteiger partial charge in [-0.3, -0.25) is 9.69 Å². The molecule has 2 rings (SSSR count). The summed E-state index contributed by atoms with van der Waals surface area (Å²) in [4.78, 5) is 12.8. The summed E-state index contributed by atoms with van der Waals surface area (Å²) in [6.45, 7) is 4.35. The number of carboxylic acids is 1. The van der Waals surface area contributed by atoms with Crippen molar-refractivity contribution in [3.05, 3.63) is 35.1 Å². The molecule has 0 bridgehead atoms. The van der Waals surface area contributed by atoms with Gasteiger partial charge in [0.15, 0.2) is 0 Å². The molecule has 1 aliphatic heterocycles. The largest absolute Gasteiger partial charge is 0.481 e. The molecule has 1 fully saturated rings. The number of morpholine rings is 1. The average Bonchev–Trinajstić information content (AvgIpc) is 2.33. The molecule has 19 heavy (non-hydrogen) atoms. The van der Waals surface area contributed by atoms with Gasteiger partial charge in [-0.05, 0) is 24.1 Å². The van der Waals surface area contributed by atoms with E-state index in [-0.39, 0.29) is 18.3 Å². The minimum Gasteiger partial charge on any atom is -0.481 e. The average molecular weight is 267 g/mol. The van der Waals surface area contributed by atoms with Gasteiger partial charge in [0.2, 0.25) is 0 Å². The maximum atomic E-state index is 13.2. The quantitative estimate of drug-likeness (QED) is 0.904. The topological polar surface area (TPSA) is 49.8 Å². The molecule has 1 heterocycles. The Morgan fingerprint density at radius 2 is 2.37 bits per heavy atom. The Morgan fingerprint density at radius 1 is 1.58 bits per heavy atom. The van der Waals surface area contributed by atoms with Crippen molar-refractivity contribution < 1.29 is 19.0 Å². The summed E-state index contributed by atoms with van der Waals surface area (Å²) in [5.41, 5.74) is 1.67. The van der Waals surface area contributed by atoms with Gasteiger partial charge in [0.25, 0.3) is 0 Å². The SMILES string of the molecule is Cc1cc(CN2CCOC(CC(=O)O)C2)ccc1F. The highest BCUT2D eigenvalue weighted by Crippen LogP contribution is 2.15. The third-order valence-electron chi connectivity index (χ3n) is 3.25. The number of hydrogen-bond acceptors (Lipinski definition) is 3. The lowest BCUT2D eigenvalue weighted by Crippen LogP contribution is -2.42. The highest BCUT2D eigenvalue weighted by molar-refractivity contribution is 5.67. The van der Waals surface area contributed by atoms with E-state index in [0.717, 1.165) is 12.1 Å². The van der Waals surface area contributed by atoms with Gasteiger partial charge in [0.1, 0.15) is 5.82 Å². The van der Waals surface area contributed by atoms with Gasteiger partial charge in [-0.1, -0.05) is 12.1 Å². The second kappa shape index (κ2) is 6.12. The van der Waals surface area contributed by atoms with Gasteiger partial charge in [0.05, 0.1) is 19.1 Å². The smallest absolute Gasteiger partial charge is 0.306 e. The number of carbonyl (C=O) groups is 1. The van der Waals surface area contributed by atoms with Crippen molar-refractivity contribution in [1.82, 2.24) is 4.90 Å². The van der Waals surface area contributed by atoms with Crippen LogP contribution in [0.4, 0.5) is 4.39 Å². The number of carboxylic acid groups (broad SMARTS) is 1. The van der Waals surface area contributed by atoms with Crippen molar-refractivity contribution in [2.75, 3.05) is 19.7 Å². The van der Waals surface area contributed by atoms with E-state index in [0.29, 0.717) is 25.3 Å². The van der Waals surface area contributed by atoms with Gasteiger partial charge >= 0.3 is 5.97 Å². The zero-order valence-electron chi connectivity index (χ0n) is 10.9. The fourth-order valence-electron chi connectivity index (χ4n) is 2.31. The molecule has 1 aliphatic rings. The first-order chi connectivity index (χ1) is 9.04. The zero-order chi connectivity index (χ0) is 13.8. The van der Waals surface area contributed by atoms with E-state index in [1.807, 2.05) is 6.07 Å². The molecule has 1 unspecified atom stereocenters. The molecule has 0 spiro atoms. The van der Waals surface area contributed by atoms with Crippen LogP contribution in [0.1, 0.15) is 17.5 Å². The molecule has 0 radical (unpaired) electrons. The summed E-state index contributed by atoms with van der Waals surface area (Å²) in [6.07, 6.45) is -0.230. The Labute approximate surface area is 111 Å². The molecular weight excluding hydrogens is 249 g/mol. The van der Waals surface area contributed by atoms with Crippen LogP contribution in [0.15, 0.2) is 18.2 Å². The summed E-state index contributed by atoms with van der Waals surface area (Å²) in [5, 5.41) is 8.77. The molecule has 0 saturated carbocycles. The van der Waals surface area contributed by atoms with Crippen LogP contribution in [-0.2, 0) is 16.1 Å². The van der Waals surface area contributed by atoms with Crippen LogP contribution in [0.5, 0.6) is 0 Å². The maximum absolute atomic E-state index is 13.2. The first-order valence-electron chi connectivity index (χ1n) is 6.35. The number of benzene rings is 1. The van der Waals surface area contributed by atoms with E-state index >= 15 is 0 Å². The second-order valence-corrected chi connectivity index (χ2v) is 4.91. The van der Waals surface area contributed by atoms with Crippen molar-refractivity contribution in [1.29, 1.82) is 0 Å². The number of aliphatic carboxylic acids is 1.